The summed E-state index contributed by atoms with van der Waals surface area (Å²) >= 11 is 0. The first kappa shape index (κ1) is 16.1. The third kappa shape index (κ3) is 3.79. The zero-order valence-electron chi connectivity index (χ0n) is 40.1. The van der Waals surface area contributed by atoms with Crippen molar-refractivity contribution < 1.29 is 25.3 Å². The third-order valence-electron chi connectivity index (χ3n) is 9.24. The molecule has 10 rings (SSSR count). The minimum absolute atomic E-state index is 0.136. The van der Waals surface area contributed by atoms with Crippen molar-refractivity contribution in [3.63, 3.8) is 0 Å². The first-order valence-electron chi connectivity index (χ1n) is 22.9. The van der Waals surface area contributed by atoms with Crippen LogP contribution in [-0.4, -0.2) is 0 Å². The molecule has 1 heterocycles. The number of rotatable bonds is 3. The van der Waals surface area contributed by atoms with E-state index < -0.39 is 124 Å². The summed E-state index contributed by atoms with van der Waals surface area (Å²) in [6.07, 6.45) is 0. The molecule has 8 aromatic rings. The molecule has 0 fully saturated rings. The van der Waals surface area contributed by atoms with Gasteiger partial charge in [0.1, 0.15) is 11.5 Å². The third-order valence-corrected chi connectivity index (χ3v) is 9.24. The summed E-state index contributed by atoms with van der Waals surface area (Å²) in [5, 5.41) is 1.74. The quantitative estimate of drug-likeness (QED) is 0.190. The number of fused-ring (bicyclic) bond motifs is 10. The van der Waals surface area contributed by atoms with E-state index in [4.69, 9.17) is 14.3 Å². The van der Waals surface area contributed by atoms with Crippen molar-refractivity contribution in [3.8, 4) is 56.0 Å². The normalized spacial score (nSPS) is 17.7. The molecule has 1 aliphatic carbocycles. The molecule has 0 bridgehead atoms. The number of hydrogen-bond acceptors (Lipinski definition) is 1. The van der Waals surface area contributed by atoms with E-state index in [1.807, 2.05) is 84.9 Å². The first-order valence-corrected chi connectivity index (χ1v) is 15.4. The van der Waals surface area contributed by atoms with Gasteiger partial charge >= 0.3 is 0 Å². The highest BCUT2D eigenvalue weighted by Gasteiger charge is 2.51. The van der Waals surface area contributed by atoms with Gasteiger partial charge in [0.25, 0.3) is 0 Å². The lowest BCUT2D eigenvalue weighted by Crippen LogP contribution is -2.32. The fourth-order valence-electron chi connectivity index (χ4n) is 7.18. The van der Waals surface area contributed by atoms with Crippen LogP contribution in [0.3, 0.4) is 0 Å². The van der Waals surface area contributed by atoms with Crippen molar-refractivity contribution in [1.29, 1.82) is 0 Å². The van der Waals surface area contributed by atoms with Gasteiger partial charge in [-0.3, -0.25) is 0 Å². The second-order valence-electron chi connectivity index (χ2n) is 11.7. The molecule has 8 aromatic carbocycles. The largest absolute Gasteiger partial charge is 0.457 e. The molecule has 1 aliphatic heterocycles. The van der Waals surface area contributed by atoms with Gasteiger partial charge in [0.2, 0.25) is 0 Å². The van der Waals surface area contributed by atoms with E-state index in [1.54, 1.807) is 6.07 Å². The minimum atomic E-state index is -2.57. The molecule has 0 saturated heterocycles. The second-order valence-corrected chi connectivity index (χ2v) is 11.7. The van der Waals surface area contributed by atoms with Crippen LogP contribution in [0.4, 0.5) is 0 Å². The van der Waals surface area contributed by atoms with E-state index >= 15 is 0 Å². The van der Waals surface area contributed by atoms with Gasteiger partial charge in [0.15, 0.2) is 0 Å². The molecule has 224 valence electrons. The highest BCUT2D eigenvalue weighted by Crippen LogP contribution is 2.62. The van der Waals surface area contributed by atoms with Gasteiger partial charge in [0, 0.05) is 11.1 Å². The van der Waals surface area contributed by atoms with Crippen molar-refractivity contribution in [1.82, 2.24) is 0 Å². The van der Waals surface area contributed by atoms with Crippen molar-refractivity contribution in [2.45, 2.75) is 5.41 Å². The van der Waals surface area contributed by atoms with E-state index in [0.29, 0.717) is 16.7 Å². The van der Waals surface area contributed by atoms with Crippen LogP contribution in [0.15, 0.2) is 182 Å². The molecule has 0 aromatic heterocycles. The van der Waals surface area contributed by atoms with Crippen LogP contribution in [-0.2, 0) is 5.41 Å². The zero-order valence-corrected chi connectivity index (χ0v) is 25.1. The highest BCUT2D eigenvalue weighted by atomic mass is 16.5. The van der Waals surface area contributed by atoms with E-state index in [2.05, 4.69) is 0 Å². The van der Waals surface area contributed by atoms with Crippen LogP contribution in [0.1, 0.15) is 42.8 Å². The Bertz CT molecular complexity index is 3310. The van der Waals surface area contributed by atoms with Crippen LogP contribution >= 0.6 is 0 Å². The zero-order chi connectivity index (χ0) is 44.7. The Morgan fingerprint density at radius 2 is 1.08 bits per heavy atom. The fraction of sp³-hybridized carbons (Fsp3) is 0.0213. The van der Waals surface area contributed by atoms with Gasteiger partial charge in [-0.2, -0.15) is 0 Å². The monoisotopic (exact) mass is 625 g/mol. The SMILES string of the molecule is [2H]c1c([2H])c([2H])c2c(c1[2H])Oc1c([2H])c([2H])c(-c3cc(-c4ccccc4)ccc3-c3cccc4ccccc34)c([2H])c1C21c2c([2H])c([2H])c([2H])c([2H])c2-c2c([2H])c([2H])c([2H])c([2H])c21. The van der Waals surface area contributed by atoms with E-state index in [9.17, 15) is 11.0 Å². The lowest BCUT2D eigenvalue weighted by molar-refractivity contribution is 0.436. The summed E-state index contributed by atoms with van der Waals surface area (Å²) in [7, 11) is 0. The molecule has 0 amide bonds. The first-order chi connectivity index (χ1) is 30.0. The Kier molecular flexibility index (Phi) is 3.49. The molecule has 1 nitrogen and oxygen atoms in total. The molecular formula is C47H30O. The summed E-state index contributed by atoms with van der Waals surface area (Å²) in [5.74, 6) is -1.13. The van der Waals surface area contributed by atoms with Gasteiger partial charge in [-0.25, -0.2) is 0 Å². The van der Waals surface area contributed by atoms with Crippen LogP contribution in [0, 0.1) is 0 Å². The Morgan fingerprint density at radius 3 is 1.90 bits per heavy atom. The Balaban J connectivity index is 1.47. The fourth-order valence-corrected chi connectivity index (χ4v) is 7.18. The average Bonchev–Trinajstić information content (AvgIpc) is 3.60. The smallest absolute Gasteiger partial charge is 0.132 e. The van der Waals surface area contributed by atoms with Crippen molar-refractivity contribution in [2.75, 3.05) is 0 Å². The van der Waals surface area contributed by atoms with Gasteiger partial charge < -0.3 is 4.74 Å². The molecule has 0 saturated carbocycles. The summed E-state index contributed by atoms with van der Waals surface area (Å²) in [5.41, 5.74) is -2.05. The Morgan fingerprint density at radius 1 is 0.417 bits per heavy atom. The highest BCUT2D eigenvalue weighted by molar-refractivity contribution is 6.01. The lowest BCUT2D eigenvalue weighted by atomic mass is 9.65. The maximum atomic E-state index is 10.4. The van der Waals surface area contributed by atoms with E-state index in [1.165, 1.54) is 0 Å². The van der Waals surface area contributed by atoms with Crippen molar-refractivity contribution in [3.05, 3.63) is 204 Å². The van der Waals surface area contributed by atoms with Crippen LogP contribution < -0.4 is 4.74 Å². The molecule has 0 atom stereocenters. The maximum Gasteiger partial charge on any atom is 0.132 e. The summed E-state index contributed by atoms with van der Waals surface area (Å²) in [6.45, 7) is 0. The maximum absolute atomic E-state index is 10.4. The number of ether oxygens (including phenoxy) is 1. The van der Waals surface area contributed by atoms with Crippen LogP contribution in [0.2, 0.25) is 0 Å². The molecule has 0 unspecified atom stereocenters. The molecular weight excluding hydrogens is 581 g/mol. The standard InChI is InChI=1S/C47H30O/c1-2-13-31(14-3-1)33-25-27-37(36-20-12-16-32-15-4-5-17-35(32)36)40(29-33)34-26-28-46-44(30-34)47(43-23-10-11-24-45(43)48-46)41-21-8-6-18-38(41)39-19-7-9-22-42(39)47/h1-30H/i6D,7D,8D,9D,10D,11D,18D,19D,21D,22D,23D,24D,26D,28D,30D. The van der Waals surface area contributed by atoms with Crippen LogP contribution in [0.25, 0.3) is 55.3 Å². The van der Waals surface area contributed by atoms with Crippen molar-refractivity contribution in [2.24, 2.45) is 0 Å². The predicted molar refractivity (Wildman–Crippen MR) is 198 cm³/mol. The second kappa shape index (κ2) is 10.4. The number of para-hydroxylation sites is 1. The van der Waals surface area contributed by atoms with Gasteiger partial charge in [-0.1, -0.05) is 157 Å². The van der Waals surface area contributed by atoms with Gasteiger partial charge in [-0.05, 0) is 90.6 Å². The molecule has 1 heteroatoms. The summed E-state index contributed by atoms with van der Waals surface area (Å²) < 4.78 is 145. The molecule has 48 heavy (non-hydrogen) atoms. The molecule has 0 N–H and O–H groups in total. The summed E-state index contributed by atoms with van der Waals surface area (Å²) in [4.78, 5) is 0. The molecule has 1 spiro atoms. The molecule has 0 radical (unpaired) electrons. The summed E-state index contributed by atoms with van der Waals surface area (Å²) in [6, 6.07) is 17.7. The van der Waals surface area contributed by atoms with Gasteiger partial charge in [0.05, 0.1) is 26.0 Å². The lowest BCUT2D eigenvalue weighted by Gasteiger charge is -2.39. The molecule has 2 aliphatic rings. The topological polar surface area (TPSA) is 9.23 Å². The number of hydrogen-bond donors (Lipinski definition) is 0. The Labute approximate surface area is 301 Å². The predicted octanol–water partition coefficient (Wildman–Crippen LogP) is 12.3. The average molecular weight is 626 g/mol. The van der Waals surface area contributed by atoms with Gasteiger partial charge in [-0.15, -0.1) is 0 Å². The van der Waals surface area contributed by atoms with Crippen LogP contribution in [0.5, 0.6) is 11.5 Å². The van der Waals surface area contributed by atoms with E-state index in [-0.39, 0.29) is 22.3 Å². The van der Waals surface area contributed by atoms with Crippen molar-refractivity contribution >= 4 is 10.8 Å². The minimum Gasteiger partial charge on any atom is -0.457 e. The number of benzene rings is 8. The Hall–Kier alpha value is -6.18. The van der Waals surface area contributed by atoms with E-state index in [0.717, 1.165) is 21.9 Å².